The summed E-state index contributed by atoms with van der Waals surface area (Å²) in [6.45, 7) is 1.55. The predicted molar refractivity (Wildman–Crippen MR) is 82.1 cm³/mol. The Kier molecular flexibility index (Phi) is 3.51. The lowest BCUT2D eigenvalue weighted by Gasteiger charge is -2.02. The molecule has 1 atom stereocenters. The molecule has 2 aromatic carbocycles. The lowest BCUT2D eigenvalue weighted by molar-refractivity contribution is -0.138. The van der Waals surface area contributed by atoms with Gasteiger partial charge in [0.2, 0.25) is 0 Å². The number of rotatable bonds is 4. The molecular weight excluding hydrogens is 280 g/mol. The highest BCUT2D eigenvalue weighted by molar-refractivity contribution is 6.15. The lowest BCUT2D eigenvalue weighted by Crippen LogP contribution is -2.05. The molecule has 1 N–H and O–H groups in total. The molecule has 0 fully saturated rings. The Bertz CT molecular complexity index is 846. The fraction of sp³-hybridized carbons (Fsp3) is 0.111. The molecule has 3 aromatic rings. The predicted octanol–water partition coefficient (Wildman–Crippen LogP) is 3.85. The van der Waals surface area contributed by atoms with Crippen LogP contribution in [0.25, 0.3) is 11.0 Å². The zero-order chi connectivity index (χ0) is 15.7. The Hall–Kier alpha value is -2.88. The van der Waals surface area contributed by atoms with E-state index in [2.05, 4.69) is 0 Å². The number of carboxylic acid groups (broad SMARTS) is 1. The molecule has 0 saturated heterocycles. The fourth-order valence-corrected chi connectivity index (χ4v) is 2.34. The van der Waals surface area contributed by atoms with Gasteiger partial charge in [0.15, 0.2) is 5.78 Å². The quantitative estimate of drug-likeness (QED) is 0.742. The minimum Gasteiger partial charge on any atom is -0.481 e. The molecule has 1 heterocycles. The second kappa shape index (κ2) is 5.48. The summed E-state index contributed by atoms with van der Waals surface area (Å²) < 4.78 is 5.66. The van der Waals surface area contributed by atoms with Crippen molar-refractivity contribution in [3.8, 4) is 0 Å². The van der Waals surface area contributed by atoms with E-state index in [0.29, 0.717) is 22.5 Å². The van der Waals surface area contributed by atoms with Crippen molar-refractivity contribution in [2.75, 3.05) is 0 Å². The van der Waals surface area contributed by atoms with Crippen LogP contribution < -0.4 is 0 Å². The summed E-state index contributed by atoms with van der Waals surface area (Å²) in [5.41, 5.74) is 1.44. The maximum Gasteiger partial charge on any atom is 0.313 e. The van der Waals surface area contributed by atoms with Gasteiger partial charge in [0.25, 0.3) is 0 Å². The zero-order valence-electron chi connectivity index (χ0n) is 11.9. The molecule has 4 nitrogen and oxygen atoms in total. The van der Waals surface area contributed by atoms with Crippen LogP contribution in [0.1, 0.15) is 34.5 Å². The summed E-state index contributed by atoms with van der Waals surface area (Å²) in [5, 5.41) is 9.82. The third-order valence-corrected chi connectivity index (χ3v) is 3.64. The Morgan fingerprint density at radius 1 is 1.05 bits per heavy atom. The van der Waals surface area contributed by atoms with Gasteiger partial charge in [-0.2, -0.15) is 0 Å². The Morgan fingerprint density at radius 2 is 1.77 bits per heavy atom. The van der Waals surface area contributed by atoms with Crippen LogP contribution in [0.5, 0.6) is 0 Å². The summed E-state index contributed by atoms with van der Waals surface area (Å²) in [6.07, 6.45) is 0. The minimum atomic E-state index is -0.963. The van der Waals surface area contributed by atoms with Crippen molar-refractivity contribution in [1.82, 2.24) is 0 Å². The van der Waals surface area contributed by atoms with E-state index < -0.39 is 11.9 Å². The average Bonchev–Trinajstić information content (AvgIpc) is 2.98. The molecule has 0 aliphatic rings. The van der Waals surface area contributed by atoms with Gasteiger partial charge in [-0.05, 0) is 19.1 Å². The second-order valence-electron chi connectivity index (χ2n) is 5.13. The molecule has 110 valence electrons. The maximum absolute atomic E-state index is 12.6. The number of carbonyl (C=O) groups is 2. The van der Waals surface area contributed by atoms with Crippen LogP contribution in [0.4, 0.5) is 0 Å². The monoisotopic (exact) mass is 294 g/mol. The average molecular weight is 294 g/mol. The van der Waals surface area contributed by atoms with Crippen LogP contribution in [0.2, 0.25) is 0 Å². The summed E-state index contributed by atoms with van der Waals surface area (Å²) >= 11 is 0. The van der Waals surface area contributed by atoms with E-state index in [1.165, 1.54) is 0 Å². The van der Waals surface area contributed by atoms with E-state index in [1.54, 1.807) is 55.5 Å². The van der Waals surface area contributed by atoms with Gasteiger partial charge in [-0.25, -0.2) is 0 Å². The number of benzene rings is 2. The summed E-state index contributed by atoms with van der Waals surface area (Å²) in [4.78, 5) is 23.7. The minimum absolute atomic E-state index is 0.143. The number of para-hydroxylation sites is 1. The summed E-state index contributed by atoms with van der Waals surface area (Å²) in [7, 11) is 0. The number of ketones is 1. The van der Waals surface area contributed by atoms with Gasteiger partial charge in [0, 0.05) is 10.9 Å². The first-order chi connectivity index (χ1) is 10.6. The number of carboxylic acids is 1. The van der Waals surface area contributed by atoms with Crippen LogP contribution in [-0.2, 0) is 4.79 Å². The first kappa shape index (κ1) is 14.1. The van der Waals surface area contributed by atoms with Gasteiger partial charge in [-0.1, -0.05) is 42.5 Å². The highest BCUT2D eigenvalue weighted by Crippen LogP contribution is 2.29. The van der Waals surface area contributed by atoms with Crippen LogP contribution in [-0.4, -0.2) is 16.9 Å². The molecule has 22 heavy (non-hydrogen) atoms. The molecule has 0 aliphatic heterocycles. The third-order valence-electron chi connectivity index (χ3n) is 3.64. The molecular formula is C18H14O4. The van der Waals surface area contributed by atoms with Crippen LogP contribution in [0.3, 0.4) is 0 Å². The van der Waals surface area contributed by atoms with Crippen LogP contribution in [0.15, 0.2) is 59.0 Å². The zero-order valence-corrected chi connectivity index (χ0v) is 11.9. The normalized spacial score (nSPS) is 12.2. The van der Waals surface area contributed by atoms with Crippen molar-refractivity contribution in [3.05, 3.63) is 71.5 Å². The van der Waals surface area contributed by atoms with Crippen molar-refractivity contribution in [2.24, 2.45) is 0 Å². The van der Waals surface area contributed by atoms with Gasteiger partial charge >= 0.3 is 5.97 Å². The maximum atomic E-state index is 12.6. The van der Waals surface area contributed by atoms with Gasteiger partial charge in [0.1, 0.15) is 17.3 Å². The van der Waals surface area contributed by atoms with E-state index >= 15 is 0 Å². The molecule has 0 spiro atoms. The van der Waals surface area contributed by atoms with Crippen LogP contribution >= 0.6 is 0 Å². The highest BCUT2D eigenvalue weighted by atomic mass is 16.4. The first-order valence-electron chi connectivity index (χ1n) is 6.93. The van der Waals surface area contributed by atoms with Crippen molar-refractivity contribution >= 4 is 22.7 Å². The molecule has 1 unspecified atom stereocenters. The molecule has 1 aromatic heterocycles. The van der Waals surface area contributed by atoms with Crippen molar-refractivity contribution in [3.63, 3.8) is 0 Å². The SMILES string of the molecule is CC(C(=O)O)c1cc2cccc(C(=O)c3ccccc3)c2o1. The van der Waals surface area contributed by atoms with Gasteiger partial charge in [0.05, 0.1) is 5.56 Å². The summed E-state index contributed by atoms with van der Waals surface area (Å²) in [5.74, 6) is -1.52. The van der Waals surface area contributed by atoms with Crippen molar-refractivity contribution in [2.45, 2.75) is 12.8 Å². The number of furan rings is 1. The van der Waals surface area contributed by atoms with Crippen molar-refractivity contribution in [1.29, 1.82) is 0 Å². The fourth-order valence-electron chi connectivity index (χ4n) is 2.34. The number of aliphatic carboxylic acids is 1. The third kappa shape index (κ3) is 2.39. The standard InChI is InChI=1S/C18H14O4/c1-11(18(20)21)15-10-13-8-5-9-14(17(13)22-15)16(19)12-6-3-2-4-7-12/h2-11H,1H3,(H,20,21). The molecule has 3 rings (SSSR count). The van der Waals surface area contributed by atoms with Gasteiger partial charge < -0.3 is 9.52 Å². The van der Waals surface area contributed by atoms with E-state index in [9.17, 15) is 9.59 Å². The van der Waals surface area contributed by atoms with E-state index in [4.69, 9.17) is 9.52 Å². The van der Waals surface area contributed by atoms with E-state index in [1.807, 2.05) is 6.07 Å². The molecule has 0 aliphatic carbocycles. The Labute approximate surface area is 127 Å². The second-order valence-corrected chi connectivity index (χ2v) is 5.13. The number of hydrogen-bond donors (Lipinski definition) is 1. The van der Waals surface area contributed by atoms with E-state index in [-0.39, 0.29) is 5.78 Å². The van der Waals surface area contributed by atoms with E-state index in [0.717, 1.165) is 5.39 Å². The molecule has 0 amide bonds. The lowest BCUT2D eigenvalue weighted by atomic mass is 10.0. The Balaban J connectivity index is 2.11. The largest absolute Gasteiger partial charge is 0.481 e. The topological polar surface area (TPSA) is 67.5 Å². The van der Waals surface area contributed by atoms with Gasteiger partial charge in [-0.3, -0.25) is 9.59 Å². The van der Waals surface area contributed by atoms with Crippen LogP contribution in [0, 0.1) is 0 Å². The van der Waals surface area contributed by atoms with Crippen molar-refractivity contribution < 1.29 is 19.1 Å². The first-order valence-corrected chi connectivity index (χ1v) is 6.93. The number of hydrogen-bond acceptors (Lipinski definition) is 3. The molecule has 4 heteroatoms. The molecule has 0 saturated carbocycles. The smallest absolute Gasteiger partial charge is 0.313 e. The molecule has 0 bridgehead atoms. The summed E-state index contributed by atoms with van der Waals surface area (Å²) in [6, 6.07) is 15.9. The Morgan fingerprint density at radius 3 is 2.45 bits per heavy atom. The highest BCUT2D eigenvalue weighted by Gasteiger charge is 2.21. The number of fused-ring (bicyclic) bond motifs is 1. The number of carbonyl (C=O) groups excluding carboxylic acids is 1. The van der Waals surface area contributed by atoms with Gasteiger partial charge in [-0.15, -0.1) is 0 Å². The molecule has 0 radical (unpaired) electrons.